The van der Waals surface area contributed by atoms with Crippen LogP contribution in [0.25, 0.3) is 11.4 Å². The number of hydrogen-bond acceptors (Lipinski definition) is 1. The minimum absolute atomic E-state index is 0. The molecule has 1 aromatic heterocycles. The van der Waals surface area contributed by atoms with E-state index in [4.69, 9.17) is 0 Å². The number of imidazole rings is 1. The van der Waals surface area contributed by atoms with E-state index >= 15 is 0 Å². The van der Waals surface area contributed by atoms with E-state index in [0.717, 1.165) is 11.4 Å². The van der Waals surface area contributed by atoms with Crippen LogP contribution in [0.1, 0.15) is 0 Å². The van der Waals surface area contributed by atoms with Gasteiger partial charge in [0.2, 0.25) is 0 Å². The SMILES string of the molecule is [Fe+2].c1cc[c-](-c2ncc[nH]2)c1.c1cc[cH-]c1. The van der Waals surface area contributed by atoms with Crippen molar-refractivity contribution < 1.29 is 17.1 Å². The first-order valence-corrected chi connectivity index (χ1v) is 4.85. The van der Waals surface area contributed by atoms with Crippen molar-refractivity contribution in [2.75, 3.05) is 0 Å². The molecule has 0 saturated heterocycles. The molecule has 0 unspecified atom stereocenters. The van der Waals surface area contributed by atoms with Crippen molar-refractivity contribution in [3.05, 3.63) is 67.0 Å². The van der Waals surface area contributed by atoms with Crippen molar-refractivity contribution in [3.63, 3.8) is 0 Å². The molecule has 3 rings (SSSR count). The molecule has 16 heavy (non-hydrogen) atoms. The van der Waals surface area contributed by atoms with Crippen molar-refractivity contribution in [3.8, 4) is 11.4 Å². The summed E-state index contributed by atoms with van der Waals surface area (Å²) < 4.78 is 0. The molecule has 2 aromatic carbocycles. The zero-order valence-corrected chi connectivity index (χ0v) is 9.76. The summed E-state index contributed by atoms with van der Waals surface area (Å²) in [6, 6.07) is 18.0. The fraction of sp³-hybridized carbons (Fsp3) is 0. The Morgan fingerprint density at radius 2 is 1.75 bits per heavy atom. The largest absolute Gasteiger partial charge is 2.00 e. The van der Waals surface area contributed by atoms with E-state index < -0.39 is 0 Å². The molecule has 0 fully saturated rings. The Labute approximate surface area is 106 Å². The van der Waals surface area contributed by atoms with Crippen molar-refractivity contribution in [1.82, 2.24) is 9.97 Å². The molecular formula is C13H12FeN2. The van der Waals surface area contributed by atoms with Gasteiger partial charge in [-0.15, -0.1) is 0 Å². The topological polar surface area (TPSA) is 28.7 Å². The van der Waals surface area contributed by atoms with E-state index in [9.17, 15) is 0 Å². The Morgan fingerprint density at radius 1 is 1.06 bits per heavy atom. The van der Waals surface area contributed by atoms with Gasteiger partial charge in [0.1, 0.15) is 0 Å². The standard InChI is InChI=1S/C8H7N2.C5H5.Fe/c1-2-4-7(3-1)8-9-5-6-10-8;1-2-4-5-3-1;/h1-6H,(H,9,10);1-5H;/q2*-1;+2. The van der Waals surface area contributed by atoms with Gasteiger partial charge in [0.15, 0.2) is 0 Å². The molecule has 0 spiro atoms. The van der Waals surface area contributed by atoms with Crippen LogP contribution in [0.2, 0.25) is 0 Å². The Bertz CT molecular complexity index is 389. The zero-order chi connectivity index (χ0) is 10.3. The average Bonchev–Trinajstić information content (AvgIpc) is 3.06. The molecule has 0 atom stereocenters. The molecule has 0 radical (unpaired) electrons. The summed E-state index contributed by atoms with van der Waals surface area (Å²) in [4.78, 5) is 7.13. The second-order valence-corrected chi connectivity index (χ2v) is 3.07. The monoisotopic (exact) mass is 252 g/mol. The zero-order valence-electron chi connectivity index (χ0n) is 8.65. The minimum Gasteiger partial charge on any atom is -0.355 e. The average molecular weight is 252 g/mol. The number of hydrogen-bond donors (Lipinski definition) is 1. The van der Waals surface area contributed by atoms with Gasteiger partial charge in [-0.05, 0) is 0 Å². The Hall–Kier alpha value is -1.57. The van der Waals surface area contributed by atoms with Crippen LogP contribution in [0.4, 0.5) is 0 Å². The third-order valence-electron chi connectivity index (χ3n) is 1.99. The number of nitrogens with one attached hydrogen (secondary N) is 1. The maximum absolute atomic E-state index is 4.10. The predicted molar refractivity (Wildman–Crippen MR) is 61.7 cm³/mol. The number of H-pyrrole nitrogens is 1. The first-order chi connectivity index (χ1) is 7.47. The molecule has 3 heteroatoms. The first-order valence-electron chi connectivity index (χ1n) is 4.85. The van der Waals surface area contributed by atoms with Gasteiger partial charge in [0, 0.05) is 12.4 Å². The molecule has 1 N–H and O–H groups in total. The van der Waals surface area contributed by atoms with E-state index in [2.05, 4.69) is 9.97 Å². The van der Waals surface area contributed by atoms with Crippen LogP contribution in [-0.4, -0.2) is 9.97 Å². The number of aromatic nitrogens is 2. The van der Waals surface area contributed by atoms with Crippen LogP contribution in [0.15, 0.2) is 67.0 Å². The van der Waals surface area contributed by atoms with Crippen LogP contribution >= 0.6 is 0 Å². The minimum atomic E-state index is 0. The fourth-order valence-corrected chi connectivity index (χ4v) is 1.28. The van der Waals surface area contributed by atoms with Crippen LogP contribution < -0.4 is 0 Å². The number of aromatic amines is 1. The fourth-order valence-electron chi connectivity index (χ4n) is 1.28. The van der Waals surface area contributed by atoms with Crippen molar-refractivity contribution in [2.24, 2.45) is 0 Å². The molecule has 0 saturated carbocycles. The van der Waals surface area contributed by atoms with Crippen LogP contribution in [0, 0.1) is 0 Å². The number of rotatable bonds is 1. The summed E-state index contributed by atoms with van der Waals surface area (Å²) in [6.45, 7) is 0. The van der Waals surface area contributed by atoms with E-state index in [-0.39, 0.29) is 17.1 Å². The molecule has 82 valence electrons. The van der Waals surface area contributed by atoms with Gasteiger partial charge in [-0.1, -0.05) is 5.56 Å². The van der Waals surface area contributed by atoms with Crippen LogP contribution in [0.3, 0.4) is 0 Å². The smallest absolute Gasteiger partial charge is 0.355 e. The van der Waals surface area contributed by atoms with Gasteiger partial charge in [0.05, 0.1) is 5.82 Å². The molecular weight excluding hydrogens is 240 g/mol. The maximum atomic E-state index is 4.10. The summed E-state index contributed by atoms with van der Waals surface area (Å²) in [6.07, 6.45) is 3.57. The molecule has 0 amide bonds. The summed E-state index contributed by atoms with van der Waals surface area (Å²) in [5, 5.41) is 0. The van der Waals surface area contributed by atoms with E-state index in [1.807, 2.05) is 60.8 Å². The van der Waals surface area contributed by atoms with Crippen molar-refractivity contribution >= 4 is 0 Å². The normalized spacial score (nSPS) is 8.75. The molecule has 0 aliphatic rings. The summed E-state index contributed by atoms with van der Waals surface area (Å²) in [7, 11) is 0. The quantitative estimate of drug-likeness (QED) is 0.523. The van der Waals surface area contributed by atoms with Crippen molar-refractivity contribution in [1.29, 1.82) is 0 Å². The molecule has 1 heterocycles. The summed E-state index contributed by atoms with van der Waals surface area (Å²) >= 11 is 0. The van der Waals surface area contributed by atoms with Crippen molar-refractivity contribution in [2.45, 2.75) is 0 Å². The number of nitrogens with zero attached hydrogens (tertiary/aromatic N) is 1. The van der Waals surface area contributed by atoms with Crippen LogP contribution in [0.5, 0.6) is 0 Å². The van der Waals surface area contributed by atoms with Crippen LogP contribution in [-0.2, 0) is 17.1 Å². The van der Waals surface area contributed by atoms with Gasteiger partial charge in [-0.25, -0.2) is 24.3 Å². The summed E-state index contributed by atoms with van der Waals surface area (Å²) in [5.74, 6) is 0.935. The molecule has 0 aliphatic carbocycles. The van der Waals surface area contributed by atoms with Gasteiger partial charge < -0.3 is 4.98 Å². The Kier molecular flexibility index (Phi) is 5.34. The molecule has 0 aliphatic heterocycles. The van der Waals surface area contributed by atoms with E-state index in [1.54, 1.807) is 6.20 Å². The van der Waals surface area contributed by atoms with Gasteiger partial charge in [-0.2, -0.15) is 30.3 Å². The third kappa shape index (κ3) is 3.54. The third-order valence-corrected chi connectivity index (χ3v) is 1.99. The molecule has 0 bridgehead atoms. The Balaban J connectivity index is 0.000000183. The van der Waals surface area contributed by atoms with Gasteiger partial charge in [-0.3, -0.25) is 4.98 Å². The van der Waals surface area contributed by atoms with E-state index in [1.165, 1.54) is 0 Å². The first kappa shape index (κ1) is 12.5. The van der Waals surface area contributed by atoms with Gasteiger partial charge in [0.25, 0.3) is 0 Å². The predicted octanol–water partition coefficient (Wildman–Crippen LogP) is 3.20. The maximum Gasteiger partial charge on any atom is 2.00 e. The second kappa shape index (κ2) is 6.83. The van der Waals surface area contributed by atoms with E-state index in [0.29, 0.717) is 0 Å². The van der Waals surface area contributed by atoms with Gasteiger partial charge >= 0.3 is 17.1 Å². The summed E-state index contributed by atoms with van der Waals surface area (Å²) in [5.41, 5.74) is 1.14. The Morgan fingerprint density at radius 3 is 2.19 bits per heavy atom. The molecule has 2 nitrogen and oxygen atoms in total. The second-order valence-electron chi connectivity index (χ2n) is 3.07. The molecule has 3 aromatic rings.